The average molecular weight is 629 g/mol. The molecule has 0 bridgehead atoms. The lowest BCUT2D eigenvalue weighted by Gasteiger charge is -2.23. The number of allylic oxidation sites excluding steroid dienone is 8. The van der Waals surface area contributed by atoms with E-state index in [-0.39, 0.29) is 6.09 Å². The van der Waals surface area contributed by atoms with E-state index in [0.717, 1.165) is 45.3 Å². The van der Waals surface area contributed by atoms with Gasteiger partial charge in [0.25, 0.3) is 0 Å². The molecule has 0 radical (unpaired) electrons. The Labute approximate surface area is 281 Å². The van der Waals surface area contributed by atoms with Crippen molar-refractivity contribution in [1.29, 1.82) is 0 Å². The van der Waals surface area contributed by atoms with Gasteiger partial charge in [0, 0.05) is 19.6 Å². The van der Waals surface area contributed by atoms with Crippen LogP contribution in [-0.2, 0) is 4.74 Å². The molecular formula is C41H76N2O2. The summed E-state index contributed by atoms with van der Waals surface area (Å²) in [5.41, 5.74) is 0. The molecule has 0 aromatic rings. The van der Waals surface area contributed by atoms with E-state index in [4.69, 9.17) is 4.74 Å². The second kappa shape index (κ2) is 36.7. The summed E-state index contributed by atoms with van der Waals surface area (Å²) in [6, 6.07) is 0. The predicted octanol–water partition coefficient (Wildman–Crippen LogP) is 12.6. The molecule has 262 valence electrons. The minimum Gasteiger partial charge on any atom is -0.448 e. The molecule has 0 saturated carbocycles. The molecule has 0 rings (SSSR count). The van der Waals surface area contributed by atoms with Crippen molar-refractivity contribution < 1.29 is 9.53 Å². The second-order valence-corrected chi connectivity index (χ2v) is 13.1. The van der Waals surface area contributed by atoms with Gasteiger partial charge in [0.2, 0.25) is 0 Å². The second-order valence-electron chi connectivity index (χ2n) is 13.1. The van der Waals surface area contributed by atoms with Gasteiger partial charge in [-0.1, -0.05) is 140 Å². The first-order chi connectivity index (χ1) is 22.1. The highest BCUT2D eigenvalue weighted by molar-refractivity contribution is 5.67. The maximum absolute atomic E-state index is 12.8. The summed E-state index contributed by atoms with van der Waals surface area (Å²) in [5.74, 6) is 0. The van der Waals surface area contributed by atoms with Gasteiger partial charge in [0.15, 0.2) is 0 Å². The molecule has 0 N–H and O–H groups in total. The maximum Gasteiger partial charge on any atom is 0.409 e. The van der Waals surface area contributed by atoms with E-state index in [1.54, 1.807) is 0 Å². The SMILES string of the molecule is CCCCC/C=C\C/C=C\CCCCCCCCN(CCCCCCCC/C=C\C/C=C\CCCCC)C(=O)OCCN(C)C. The van der Waals surface area contributed by atoms with Gasteiger partial charge >= 0.3 is 6.09 Å². The first kappa shape index (κ1) is 43.2. The van der Waals surface area contributed by atoms with E-state index < -0.39 is 0 Å². The fourth-order valence-corrected chi connectivity index (χ4v) is 5.28. The van der Waals surface area contributed by atoms with E-state index in [1.807, 2.05) is 19.0 Å². The van der Waals surface area contributed by atoms with Crippen LogP contribution in [0.3, 0.4) is 0 Å². The fraction of sp³-hybridized carbons (Fsp3) is 0.780. The van der Waals surface area contributed by atoms with Gasteiger partial charge in [0.1, 0.15) is 6.61 Å². The smallest absolute Gasteiger partial charge is 0.409 e. The summed E-state index contributed by atoms with van der Waals surface area (Å²) in [4.78, 5) is 16.8. The molecule has 0 atom stereocenters. The number of rotatable bonds is 33. The van der Waals surface area contributed by atoms with Crippen LogP contribution in [0.15, 0.2) is 48.6 Å². The van der Waals surface area contributed by atoms with Crippen LogP contribution in [0.1, 0.15) is 168 Å². The average Bonchev–Trinajstić information content (AvgIpc) is 3.03. The Bertz CT molecular complexity index is 677. The van der Waals surface area contributed by atoms with Crippen molar-refractivity contribution in [3.05, 3.63) is 48.6 Å². The third kappa shape index (κ3) is 34.9. The van der Waals surface area contributed by atoms with Crippen LogP contribution in [0.25, 0.3) is 0 Å². The summed E-state index contributed by atoms with van der Waals surface area (Å²) < 4.78 is 5.60. The van der Waals surface area contributed by atoms with Crippen LogP contribution in [0.5, 0.6) is 0 Å². The molecule has 4 heteroatoms. The van der Waals surface area contributed by atoms with Gasteiger partial charge < -0.3 is 14.5 Å². The van der Waals surface area contributed by atoms with Crippen LogP contribution in [-0.4, -0.2) is 56.2 Å². The third-order valence-electron chi connectivity index (χ3n) is 8.28. The number of carbonyl (C=O) groups is 1. The largest absolute Gasteiger partial charge is 0.448 e. The standard InChI is InChI=1S/C41H76N2O2/c1-5-7-9-11-13-15-17-19-21-23-25-27-29-31-33-35-37-43(41(44)45-40-39-42(3)4)38-36-34-32-30-28-26-24-22-20-18-16-14-12-10-8-6-2/h13-16,19-22H,5-12,17-18,23-40H2,1-4H3/b15-13-,16-14-,21-19-,22-20-. The zero-order valence-corrected chi connectivity index (χ0v) is 30.6. The molecule has 0 unspecified atom stereocenters. The molecule has 4 nitrogen and oxygen atoms in total. The van der Waals surface area contributed by atoms with Crippen molar-refractivity contribution in [2.45, 2.75) is 168 Å². The minimum absolute atomic E-state index is 0.123. The van der Waals surface area contributed by atoms with E-state index in [1.165, 1.54) is 128 Å². The van der Waals surface area contributed by atoms with Crippen LogP contribution in [0.4, 0.5) is 4.79 Å². The molecule has 45 heavy (non-hydrogen) atoms. The van der Waals surface area contributed by atoms with Crippen LogP contribution < -0.4 is 0 Å². The van der Waals surface area contributed by atoms with E-state index >= 15 is 0 Å². The van der Waals surface area contributed by atoms with Gasteiger partial charge in [-0.15, -0.1) is 0 Å². The number of hydrogen-bond acceptors (Lipinski definition) is 3. The number of nitrogens with zero attached hydrogens (tertiary/aromatic N) is 2. The Morgan fingerprint density at radius 3 is 1.20 bits per heavy atom. The van der Waals surface area contributed by atoms with Gasteiger partial charge in [-0.25, -0.2) is 4.79 Å². The number of unbranched alkanes of at least 4 members (excludes halogenated alkanes) is 18. The summed E-state index contributed by atoms with van der Waals surface area (Å²) in [7, 11) is 4.03. The highest BCUT2D eigenvalue weighted by Crippen LogP contribution is 2.12. The number of hydrogen-bond donors (Lipinski definition) is 0. The van der Waals surface area contributed by atoms with E-state index in [2.05, 4.69) is 67.4 Å². The summed E-state index contributed by atoms with van der Waals surface area (Å²) >= 11 is 0. The Balaban J connectivity index is 3.97. The first-order valence-electron chi connectivity index (χ1n) is 19.3. The number of likely N-dealkylation sites (N-methyl/N-ethyl adjacent to an activating group) is 1. The normalized spacial score (nSPS) is 12.2. The highest BCUT2D eigenvalue weighted by atomic mass is 16.6. The summed E-state index contributed by atoms with van der Waals surface area (Å²) in [6.45, 7) is 7.42. The molecule has 0 aliphatic carbocycles. The minimum atomic E-state index is -0.123. The Morgan fingerprint density at radius 2 is 0.822 bits per heavy atom. The molecular weight excluding hydrogens is 552 g/mol. The zero-order chi connectivity index (χ0) is 32.9. The third-order valence-corrected chi connectivity index (χ3v) is 8.28. The molecule has 0 fully saturated rings. The maximum atomic E-state index is 12.8. The predicted molar refractivity (Wildman–Crippen MR) is 200 cm³/mol. The number of amides is 1. The molecule has 0 saturated heterocycles. The summed E-state index contributed by atoms with van der Waals surface area (Å²) in [5, 5.41) is 0. The van der Waals surface area contributed by atoms with Gasteiger partial charge in [0.05, 0.1) is 0 Å². The lowest BCUT2D eigenvalue weighted by atomic mass is 10.1. The molecule has 0 aliphatic rings. The van der Waals surface area contributed by atoms with E-state index in [0.29, 0.717) is 6.61 Å². The zero-order valence-electron chi connectivity index (χ0n) is 30.6. The van der Waals surface area contributed by atoms with Gasteiger partial charge in [-0.2, -0.15) is 0 Å². The number of carbonyl (C=O) groups excluding carboxylic acids is 1. The quantitative estimate of drug-likeness (QED) is 0.0535. The van der Waals surface area contributed by atoms with Crippen molar-refractivity contribution in [2.75, 3.05) is 40.3 Å². The first-order valence-corrected chi connectivity index (χ1v) is 19.3. The molecule has 0 aromatic carbocycles. The van der Waals surface area contributed by atoms with Crippen LogP contribution >= 0.6 is 0 Å². The Kier molecular flexibility index (Phi) is 35.2. The Morgan fingerprint density at radius 1 is 0.467 bits per heavy atom. The van der Waals surface area contributed by atoms with Crippen molar-refractivity contribution in [3.63, 3.8) is 0 Å². The van der Waals surface area contributed by atoms with Crippen molar-refractivity contribution in [3.8, 4) is 0 Å². The van der Waals surface area contributed by atoms with E-state index in [9.17, 15) is 4.79 Å². The fourth-order valence-electron chi connectivity index (χ4n) is 5.28. The van der Waals surface area contributed by atoms with Crippen LogP contribution in [0, 0.1) is 0 Å². The summed E-state index contributed by atoms with van der Waals surface area (Å²) in [6.07, 6.45) is 48.3. The highest BCUT2D eigenvalue weighted by Gasteiger charge is 2.14. The molecule has 0 aromatic heterocycles. The molecule has 0 heterocycles. The lowest BCUT2D eigenvalue weighted by molar-refractivity contribution is 0.0946. The van der Waals surface area contributed by atoms with Gasteiger partial charge in [-0.3, -0.25) is 0 Å². The van der Waals surface area contributed by atoms with Gasteiger partial charge in [-0.05, 0) is 91.1 Å². The lowest BCUT2D eigenvalue weighted by Crippen LogP contribution is -2.35. The monoisotopic (exact) mass is 629 g/mol. The molecule has 0 aliphatic heterocycles. The topological polar surface area (TPSA) is 32.8 Å². The molecule has 0 spiro atoms. The number of ether oxygens (including phenoxy) is 1. The van der Waals surface area contributed by atoms with Crippen LogP contribution in [0.2, 0.25) is 0 Å². The van der Waals surface area contributed by atoms with Crippen molar-refractivity contribution >= 4 is 6.09 Å². The Hall–Kier alpha value is -1.81. The van der Waals surface area contributed by atoms with Crippen molar-refractivity contribution in [1.82, 2.24) is 9.80 Å². The molecule has 1 amide bonds. The van der Waals surface area contributed by atoms with Crippen molar-refractivity contribution in [2.24, 2.45) is 0 Å².